The van der Waals surface area contributed by atoms with Gasteiger partial charge in [0.05, 0.1) is 6.20 Å². The standard InChI is InChI=1S/C13H13N3O/c17-13(15-12-6-7-14-16-12)11-5-4-9-2-1-3-10(9)8-11/h4-8H,1-3H2,(H2,14,15,16,17). The minimum absolute atomic E-state index is 0.0936. The van der Waals surface area contributed by atoms with Crippen LogP contribution >= 0.6 is 0 Å². The lowest BCUT2D eigenvalue weighted by Gasteiger charge is -2.05. The molecule has 0 aliphatic heterocycles. The quantitative estimate of drug-likeness (QED) is 0.825. The number of benzene rings is 1. The smallest absolute Gasteiger partial charge is 0.256 e. The predicted molar refractivity (Wildman–Crippen MR) is 65.0 cm³/mol. The summed E-state index contributed by atoms with van der Waals surface area (Å²) in [4.78, 5) is 12.0. The summed E-state index contributed by atoms with van der Waals surface area (Å²) in [5, 5.41) is 9.27. The van der Waals surface area contributed by atoms with E-state index < -0.39 is 0 Å². The van der Waals surface area contributed by atoms with Gasteiger partial charge in [-0.2, -0.15) is 5.10 Å². The minimum Gasteiger partial charge on any atom is -0.307 e. The summed E-state index contributed by atoms with van der Waals surface area (Å²) < 4.78 is 0. The Balaban J connectivity index is 1.82. The van der Waals surface area contributed by atoms with Crippen LogP contribution in [-0.2, 0) is 12.8 Å². The van der Waals surface area contributed by atoms with Crippen molar-refractivity contribution in [2.24, 2.45) is 0 Å². The van der Waals surface area contributed by atoms with Crippen molar-refractivity contribution in [2.75, 3.05) is 5.32 Å². The van der Waals surface area contributed by atoms with E-state index in [0.29, 0.717) is 11.4 Å². The van der Waals surface area contributed by atoms with Gasteiger partial charge < -0.3 is 5.32 Å². The van der Waals surface area contributed by atoms with Crippen LogP contribution in [0.15, 0.2) is 30.5 Å². The summed E-state index contributed by atoms with van der Waals surface area (Å²) >= 11 is 0. The number of nitrogens with one attached hydrogen (secondary N) is 2. The monoisotopic (exact) mass is 227 g/mol. The lowest BCUT2D eigenvalue weighted by molar-refractivity contribution is 0.102. The molecule has 2 N–H and O–H groups in total. The molecule has 1 heterocycles. The Morgan fingerprint density at radius 2 is 2.12 bits per heavy atom. The van der Waals surface area contributed by atoms with Crippen LogP contribution < -0.4 is 5.32 Å². The maximum Gasteiger partial charge on any atom is 0.256 e. The Hall–Kier alpha value is -2.10. The zero-order valence-electron chi connectivity index (χ0n) is 9.36. The SMILES string of the molecule is O=C(Nc1ccn[nH]1)c1ccc2c(c1)CCC2. The highest BCUT2D eigenvalue weighted by molar-refractivity contribution is 6.03. The lowest BCUT2D eigenvalue weighted by atomic mass is 10.1. The second kappa shape index (κ2) is 4.05. The number of nitrogens with zero attached hydrogens (tertiary/aromatic N) is 1. The number of amides is 1. The first kappa shape index (κ1) is 10.1. The summed E-state index contributed by atoms with van der Waals surface area (Å²) in [5.41, 5.74) is 3.39. The van der Waals surface area contributed by atoms with Gasteiger partial charge in [-0.15, -0.1) is 0 Å². The van der Waals surface area contributed by atoms with Crippen molar-refractivity contribution in [3.8, 4) is 0 Å². The van der Waals surface area contributed by atoms with Gasteiger partial charge >= 0.3 is 0 Å². The Kier molecular flexibility index (Phi) is 2.40. The number of aryl methyl sites for hydroxylation is 2. The van der Waals surface area contributed by atoms with E-state index in [0.717, 1.165) is 12.8 Å². The van der Waals surface area contributed by atoms with Crippen molar-refractivity contribution >= 4 is 11.7 Å². The average Bonchev–Trinajstić information content (AvgIpc) is 2.97. The molecule has 0 atom stereocenters. The van der Waals surface area contributed by atoms with Crippen molar-refractivity contribution in [3.63, 3.8) is 0 Å². The Labute approximate surface area is 99.1 Å². The highest BCUT2D eigenvalue weighted by atomic mass is 16.1. The summed E-state index contributed by atoms with van der Waals surface area (Å²) in [5.74, 6) is 0.527. The average molecular weight is 227 g/mol. The van der Waals surface area contributed by atoms with E-state index in [-0.39, 0.29) is 5.91 Å². The zero-order valence-corrected chi connectivity index (χ0v) is 9.36. The topological polar surface area (TPSA) is 57.8 Å². The lowest BCUT2D eigenvalue weighted by Crippen LogP contribution is -2.12. The molecule has 1 amide bonds. The largest absolute Gasteiger partial charge is 0.307 e. The number of hydrogen-bond donors (Lipinski definition) is 2. The van der Waals surface area contributed by atoms with E-state index in [1.807, 2.05) is 12.1 Å². The number of carbonyl (C=O) groups excluding carboxylic acids is 1. The molecular formula is C13H13N3O. The number of H-pyrrole nitrogens is 1. The first-order valence-electron chi connectivity index (χ1n) is 5.75. The molecular weight excluding hydrogens is 214 g/mol. The van der Waals surface area contributed by atoms with Gasteiger partial charge in [0.1, 0.15) is 5.82 Å². The van der Waals surface area contributed by atoms with Crippen LogP contribution in [0.1, 0.15) is 27.9 Å². The van der Waals surface area contributed by atoms with Crippen LogP contribution in [-0.4, -0.2) is 16.1 Å². The van der Waals surface area contributed by atoms with Crippen molar-refractivity contribution in [1.29, 1.82) is 0 Å². The molecule has 1 aliphatic carbocycles. The van der Waals surface area contributed by atoms with Gasteiger partial charge in [0.2, 0.25) is 0 Å². The molecule has 1 aromatic carbocycles. The second-order valence-corrected chi connectivity index (χ2v) is 4.26. The predicted octanol–water partition coefficient (Wildman–Crippen LogP) is 2.15. The van der Waals surface area contributed by atoms with Gasteiger partial charge in [0.15, 0.2) is 0 Å². The van der Waals surface area contributed by atoms with Gasteiger partial charge in [-0.1, -0.05) is 6.07 Å². The van der Waals surface area contributed by atoms with Crippen LogP contribution in [0, 0.1) is 0 Å². The van der Waals surface area contributed by atoms with Gasteiger partial charge in [-0.25, -0.2) is 0 Å². The van der Waals surface area contributed by atoms with Crippen LogP contribution in [0.5, 0.6) is 0 Å². The molecule has 0 bridgehead atoms. The molecule has 0 saturated heterocycles. The number of carbonyl (C=O) groups is 1. The van der Waals surface area contributed by atoms with Crippen LogP contribution in [0.2, 0.25) is 0 Å². The van der Waals surface area contributed by atoms with Crippen LogP contribution in [0.3, 0.4) is 0 Å². The molecule has 0 unspecified atom stereocenters. The highest BCUT2D eigenvalue weighted by Crippen LogP contribution is 2.23. The molecule has 3 rings (SSSR count). The van der Waals surface area contributed by atoms with E-state index in [1.54, 1.807) is 12.3 Å². The second-order valence-electron chi connectivity index (χ2n) is 4.26. The fraction of sp³-hybridized carbons (Fsp3) is 0.231. The molecule has 4 nitrogen and oxygen atoms in total. The van der Waals surface area contributed by atoms with E-state index in [2.05, 4.69) is 21.6 Å². The number of hydrogen-bond acceptors (Lipinski definition) is 2. The third kappa shape index (κ3) is 1.93. The third-order valence-electron chi connectivity index (χ3n) is 3.11. The van der Waals surface area contributed by atoms with Gasteiger partial charge in [-0.05, 0) is 42.5 Å². The number of fused-ring (bicyclic) bond motifs is 1. The Bertz CT molecular complexity index is 546. The molecule has 4 heteroatoms. The van der Waals surface area contributed by atoms with Gasteiger partial charge in [0, 0.05) is 11.6 Å². The molecule has 17 heavy (non-hydrogen) atoms. The van der Waals surface area contributed by atoms with Crippen molar-refractivity contribution in [3.05, 3.63) is 47.2 Å². The van der Waals surface area contributed by atoms with Crippen molar-refractivity contribution in [1.82, 2.24) is 10.2 Å². The molecule has 2 aromatic rings. The summed E-state index contributed by atoms with van der Waals surface area (Å²) in [6, 6.07) is 7.67. The number of aromatic nitrogens is 2. The minimum atomic E-state index is -0.0936. The van der Waals surface area contributed by atoms with Crippen LogP contribution in [0.25, 0.3) is 0 Å². The Morgan fingerprint density at radius 1 is 1.24 bits per heavy atom. The summed E-state index contributed by atoms with van der Waals surface area (Å²) in [6.45, 7) is 0. The molecule has 1 aliphatic rings. The molecule has 0 saturated carbocycles. The first-order valence-corrected chi connectivity index (χ1v) is 5.75. The fourth-order valence-corrected chi connectivity index (χ4v) is 2.23. The first-order chi connectivity index (χ1) is 8.33. The van der Waals surface area contributed by atoms with E-state index in [4.69, 9.17) is 0 Å². The van der Waals surface area contributed by atoms with E-state index in [1.165, 1.54) is 17.5 Å². The maximum atomic E-state index is 12.0. The Morgan fingerprint density at radius 3 is 2.94 bits per heavy atom. The van der Waals surface area contributed by atoms with Gasteiger partial charge in [-0.3, -0.25) is 9.89 Å². The molecule has 0 spiro atoms. The zero-order chi connectivity index (χ0) is 11.7. The summed E-state index contributed by atoms with van der Waals surface area (Å²) in [6.07, 6.45) is 5.03. The normalized spacial score (nSPS) is 13.4. The summed E-state index contributed by atoms with van der Waals surface area (Å²) in [7, 11) is 0. The highest BCUT2D eigenvalue weighted by Gasteiger charge is 2.14. The van der Waals surface area contributed by atoms with E-state index >= 15 is 0 Å². The van der Waals surface area contributed by atoms with Crippen molar-refractivity contribution in [2.45, 2.75) is 19.3 Å². The number of aromatic amines is 1. The van der Waals surface area contributed by atoms with Crippen molar-refractivity contribution < 1.29 is 4.79 Å². The molecule has 0 radical (unpaired) electrons. The number of rotatable bonds is 2. The maximum absolute atomic E-state index is 12.0. The van der Waals surface area contributed by atoms with E-state index in [9.17, 15) is 4.79 Å². The van der Waals surface area contributed by atoms with Crippen LogP contribution in [0.4, 0.5) is 5.82 Å². The third-order valence-corrected chi connectivity index (χ3v) is 3.11. The van der Waals surface area contributed by atoms with Gasteiger partial charge in [0.25, 0.3) is 5.91 Å². The molecule has 86 valence electrons. The molecule has 1 aromatic heterocycles. The fourth-order valence-electron chi connectivity index (χ4n) is 2.23. The molecule has 0 fully saturated rings. The number of anilines is 1.